The summed E-state index contributed by atoms with van der Waals surface area (Å²) in [6.07, 6.45) is 0.163. The van der Waals surface area contributed by atoms with E-state index in [1.165, 1.54) is 4.90 Å². The van der Waals surface area contributed by atoms with Crippen LogP contribution in [-0.2, 0) is 20.4 Å². The van der Waals surface area contributed by atoms with Crippen molar-refractivity contribution < 1.29 is 18.3 Å². The Kier molecular flexibility index (Phi) is 5.24. The molecular formula is C14H18ClNO4S. The molecule has 1 aromatic carbocycles. The number of rotatable bonds is 6. The van der Waals surface area contributed by atoms with Crippen LogP contribution in [0.15, 0.2) is 24.3 Å². The van der Waals surface area contributed by atoms with E-state index in [9.17, 15) is 18.3 Å². The maximum absolute atomic E-state index is 12.1. The third-order valence-electron chi connectivity index (χ3n) is 3.38. The Labute approximate surface area is 129 Å². The molecule has 21 heavy (non-hydrogen) atoms. The number of nitrogens with zero attached hydrogens (tertiary/aromatic N) is 1. The molecule has 0 aromatic heterocycles. The zero-order chi connectivity index (χ0) is 15.5. The molecule has 0 aliphatic carbocycles. The summed E-state index contributed by atoms with van der Waals surface area (Å²) in [5.41, 5.74) is 0.517. The lowest BCUT2D eigenvalue weighted by Gasteiger charge is -2.19. The Morgan fingerprint density at radius 3 is 2.67 bits per heavy atom. The Morgan fingerprint density at radius 2 is 2.05 bits per heavy atom. The number of amides is 1. The van der Waals surface area contributed by atoms with E-state index in [4.69, 9.17) is 11.6 Å². The number of benzene rings is 1. The summed E-state index contributed by atoms with van der Waals surface area (Å²) in [5, 5.41) is 10.3. The van der Waals surface area contributed by atoms with Gasteiger partial charge in [-0.1, -0.05) is 29.8 Å². The van der Waals surface area contributed by atoms with Crippen molar-refractivity contribution in [3.8, 4) is 0 Å². The lowest BCUT2D eigenvalue weighted by Crippen LogP contribution is -2.37. The Bertz CT molecular complexity index is 617. The second-order valence-corrected chi connectivity index (χ2v) is 7.76. The number of carbonyl (C=O) groups excluding carboxylic acids is 1. The van der Waals surface area contributed by atoms with Gasteiger partial charge in [-0.2, -0.15) is 0 Å². The van der Waals surface area contributed by atoms with E-state index in [0.29, 0.717) is 23.6 Å². The van der Waals surface area contributed by atoms with Crippen molar-refractivity contribution in [2.24, 2.45) is 0 Å². The average Bonchev–Trinajstić information content (AvgIpc) is 2.77. The van der Waals surface area contributed by atoms with Crippen LogP contribution < -0.4 is 0 Å². The molecule has 1 aliphatic rings. The van der Waals surface area contributed by atoms with Crippen LogP contribution in [-0.4, -0.2) is 49.3 Å². The third-order valence-corrected chi connectivity index (χ3v) is 5.39. The van der Waals surface area contributed by atoms with Crippen LogP contribution in [0.4, 0.5) is 0 Å². The van der Waals surface area contributed by atoms with Crippen molar-refractivity contribution in [1.82, 2.24) is 4.90 Å². The third kappa shape index (κ3) is 4.69. The number of aliphatic hydroxyl groups is 1. The van der Waals surface area contributed by atoms with Gasteiger partial charge >= 0.3 is 0 Å². The fourth-order valence-electron chi connectivity index (χ4n) is 2.41. The number of sulfone groups is 1. The number of aliphatic hydroxyl groups excluding tert-OH is 1. The fourth-order valence-corrected chi connectivity index (χ4v) is 4.23. The van der Waals surface area contributed by atoms with Gasteiger partial charge in [0.1, 0.15) is 0 Å². The molecule has 1 N–H and O–H groups in total. The van der Waals surface area contributed by atoms with Crippen molar-refractivity contribution in [3.63, 3.8) is 0 Å². The van der Waals surface area contributed by atoms with Gasteiger partial charge in [0.2, 0.25) is 5.91 Å². The van der Waals surface area contributed by atoms with E-state index >= 15 is 0 Å². The SMILES string of the molecule is O=C1CCCN1C[C@@H](O)CS(=O)(=O)Cc1ccccc1Cl. The van der Waals surface area contributed by atoms with Gasteiger partial charge < -0.3 is 10.0 Å². The number of hydrogen-bond donors (Lipinski definition) is 1. The molecule has 0 spiro atoms. The zero-order valence-electron chi connectivity index (χ0n) is 11.5. The summed E-state index contributed by atoms with van der Waals surface area (Å²) in [5.74, 6) is -0.614. The first-order valence-electron chi connectivity index (χ1n) is 6.77. The largest absolute Gasteiger partial charge is 0.390 e. The van der Waals surface area contributed by atoms with E-state index in [1.54, 1.807) is 24.3 Å². The topological polar surface area (TPSA) is 74.7 Å². The van der Waals surface area contributed by atoms with Crippen LogP contribution in [0, 0.1) is 0 Å². The average molecular weight is 332 g/mol. The maximum Gasteiger partial charge on any atom is 0.222 e. The second-order valence-electron chi connectivity index (χ2n) is 5.24. The monoisotopic (exact) mass is 331 g/mol. The Hall–Kier alpha value is -1.11. The van der Waals surface area contributed by atoms with E-state index in [-0.39, 0.29) is 24.0 Å². The molecule has 0 saturated carbocycles. The van der Waals surface area contributed by atoms with Gasteiger partial charge in [0.05, 0.1) is 17.6 Å². The van der Waals surface area contributed by atoms with Crippen molar-refractivity contribution >= 4 is 27.3 Å². The molecule has 1 fully saturated rings. The standard InChI is InChI=1S/C14H18ClNO4S/c15-13-5-2-1-4-11(13)9-21(19,20)10-12(17)8-16-7-3-6-14(16)18/h1-2,4-5,12,17H,3,6-10H2/t12-/m1/s1. The van der Waals surface area contributed by atoms with Crippen LogP contribution in [0.25, 0.3) is 0 Å². The van der Waals surface area contributed by atoms with E-state index in [1.807, 2.05) is 0 Å². The van der Waals surface area contributed by atoms with Crippen LogP contribution in [0.1, 0.15) is 18.4 Å². The second kappa shape index (κ2) is 6.77. The molecule has 5 nitrogen and oxygen atoms in total. The van der Waals surface area contributed by atoms with Crippen molar-refractivity contribution in [2.75, 3.05) is 18.8 Å². The molecule has 7 heteroatoms. The Morgan fingerprint density at radius 1 is 1.33 bits per heavy atom. The lowest BCUT2D eigenvalue weighted by molar-refractivity contribution is -0.128. The molecule has 1 atom stereocenters. The molecule has 0 bridgehead atoms. The predicted molar refractivity (Wildman–Crippen MR) is 80.8 cm³/mol. The maximum atomic E-state index is 12.1. The number of likely N-dealkylation sites (tertiary alicyclic amines) is 1. The molecule has 1 aliphatic heterocycles. The number of halogens is 1. The molecule has 1 amide bonds. The Balaban J connectivity index is 1.94. The van der Waals surface area contributed by atoms with Gasteiger partial charge in [-0.15, -0.1) is 0 Å². The first-order chi connectivity index (χ1) is 9.87. The molecule has 0 radical (unpaired) electrons. The summed E-state index contributed by atoms with van der Waals surface area (Å²) < 4.78 is 24.2. The first-order valence-corrected chi connectivity index (χ1v) is 8.97. The molecule has 1 saturated heterocycles. The highest BCUT2D eigenvalue weighted by molar-refractivity contribution is 7.90. The van der Waals surface area contributed by atoms with Gasteiger partial charge in [0.15, 0.2) is 9.84 Å². The summed E-state index contributed by atoms with van der Waals surface area (Å²) >= 11 is 5.94. The van der Waals surface area contributed by atoms with Crippen LogP contribution in [0.2, 0.25) is 5.02 Å². The van der Waals surface area contributed by atoms with Gasteiger partial charge in [-0.3, -0.25) is 4.79 Å². The van der Waals surface area contributed by atoms with Gasteiger partial charge in [-0.25, -0.2) is 8.42 Å². The number of carbonyl (C=O) groups is 1. The normalized spacial score (nSPS) is 17.2. The highest BCUT2D eigenvalue weighted by Gasteiger charge is 2.25. The summed E-state index contributed by atoms with van der Waals surface area (Å²) in [7, 11) is -3.49. The van der Waals surface area contributed by atoms with Crippen LogP contribution in [0.3, 0.4) is 0 Å². The van der Waals surface area contributed by atoms with Gasteiger partial charge in [-0.05, 0) is 18.1 Å². The molecule has 116 valence electrons. The molecule has 0 unspecified atom stereocenters. The summed E-state index contributed by atoms with van der Waals surface area (Å²) in [6.45, 7) is 0.654. The van der Waals surface area contributed by atoms with Crippen LogP contribution >= 0.6 is 11.6 Å². The number of hydrogen-bond acceptors (Lipinski definition) is 4. The first kappa shape index (κ1) is 16.3. The van der Waals surface area contributed by atoms with E-state index in [2.05, 4.69) is 0 Å². The van der Waals surface area contributed by atoms with E-state index < -0.39 is 15.9 Å². The minimum atomic E-state index is -3.49. The smallest absolute Gasteiger partial charge is 0.222 e. The van der Waals surface area contributed by atoms with Gasteiger partial charge in [0.25, 0.3) is 0 Å². The minimum Gasteiger partial charge on any atom is -0.390 e. The highest BCUT2D eigenvalue weighted by atomic mass is 35.5. The summed E-state index contributed by atoms with van der Waals surface area (Å²) in [6, 6.07) is 6.73. The quantitative estimate of drug-likeness (QED) is 0.851. The highest BCUT2D eigenvalue weighted by Crippen LogP contribution is 2.18. The lowest BCUT2D eigenvalue weighted by atomic mass is 10.2. The van der Waals surface area contributed by atoms with E-state index in [0.717, 1.165) is 6.42 Å². The zero-order valence-corrected chi connectivity index (χ0v) is 13.1. The number of β-amino-alcohol motifs (C(OH)–C–C–N with tert-alkyl or cyclic N) is 1. The molecule has 1 heterocycles. The van der Waals surface area contributed by atoms with Crippen molar-refractivity contribution in [2.45, 2.75) is 24.7 Å². The van der Waals surface area contributed by atoms with Crippen LogP contribution in [0.5, 0.6) is 0 Å². The molecular weight excluding hydrogens is 314 g/mol. The predicted octanol–water partition coefficient (Wildman–Crippen LogP) is 1.24. The van der Waals surface area contributed by atoms with Gasteiger partial charge in [0, 0.05) is 24.5 Å². The molecule has 1 aromatic rings. The fraction of sp³-hybridized carbons (Fsp3) is 0.500. The van der Waals surface area contributed by atoms with Crippen molar-refractivity contribution in [1.29, 1.82) is 0 Å². The summed E-state index contributed by atoms with van der Waals surface area (Å²) in [4.78, 5) is 13.0. The molecule has 2 rings (SSSR count). The van der Waals surface area contributed by atoms with Crippen molar-refractivity contribution in [3.05, 3.63) is 34.9 Å². The minimum absolute atomic E-state index is 0.0300.